The van der Waals surface area contributed by atoms with E-state index in [2.05, 4.69) is 20.8 Å². The average Bonchev–Trinajstić information content (AvgIpc) is 1.87. The molecule has 2 bridgehead atoms. The van der Waals surface area contributed by atoms with Gasteiger partial charge in [-0.25, -0.2) is 0 Å². The maximum Gasteiger partial charge on any atom is -0.0295 e. The van der Waals surface area contributed by atoms with Gasteiger partial charge in [0.15, 0.2) is 0 Å². The minimum atomic E-state index is 0.706. The monoisotopic (exact) mass is 138 g/mol. The lowest BCUT2D eigenvalue weighted by atomic mass is 9.46. The Hall–Kier alpha value is 0. The predicted molar refractivity (Wildman–Crippen MR) is 43.8 cm³/mol. The molecule has 3 aliphatic carbocycles. The molecule has 3 rings (SSSR count). The molecule has 0 radical (unpaired) electrons. The van der Waals surface area contributed by atoms with Crippen LogP contribution in [0.4, 0.5) is 0 Å². The molecular formula is C10H18. The van der Waals surface area contributed by atoms with Crippen LogP contribution in [0.15, 0.2) is 0 Å². The minimum Gasteiger partial charge on any atom is -0.0622 e. The number of fused-ring (bicyclic) bond motifs is 2. The van der Waals surface area contributed by atoms with Gasteiger partial charge in [0.2, 0.25) is 0 Å². The second kappa shape index (κ2) is 1.78. The van der Waals surface area contributed by atoms with Gasteiger partial charge in [0.05, 0.1) is 0 Å². The molecule has 0 aromatic carbocycles. The van der Waals surface area contributed by atoms with Gasteiger partial charge in [0.25, 0.3) is 0 Å². The first-order chi connectivity index (χ1) is 4.62. The minimum absolute atomic E-state index is 0.706. The van der Waals surface area contributed by atoms with E-state index in [0.29, 0.717) is 5.41 Å². The van der Waals surface area contributed by atoms with Gasteiger partial charge in [0, 0.05) is 0 Å². The van der Waals surface area contributed by atoms with Crippen molar-refractivity contribution >= 4 is 0 Å². The summed E-state index contributed by atoms with van der Waals surface area (Å²) in [6.45, 7) is 7.35. The number of hydrogen-bond donors (Lipinski definition) is 0. The van der Waals surface area contributed by atoms with Crippen molar-refractivity contribution in [3.8, 4) is 0 Å². The maximum atomic E-state index is 2.46. The fourth-order valence-electron chi connectivity index (χ4n) is 3.18. The smallest absolute Gasteiger partial charge is 0.0295 e. The van der Waals surface area contributed by atoms with Crippen LogP contribution in [-0.4, -0.2) is 0 Å². The SMILES string of the molecule is C[C@H]1CCC2C[C@@H]1C2(C)C. The Bertz CT molecular complexity index is 144. The molecule has 0 amide bonds. The van der Waals surface area contributed by atoms with Gasteiger partial charge in [0.1, 0.15) is 0 Å². The first-order valence-electron chi connectivity index (χ1n) is 4.62. The van der Waals surface area contributed by atoms with Gasteiger partial charge < -0.3 is 0 Å². The zero-order chi connectivity index (χ0) is 7.35. The van der Waals surface area contributed by atoms with Crippen molar-refractivity contribution in [2.75, 3.05) is 0 Å². The maximum absolute atomic E-state index is 2.46. The molecule has 0 aromatic rings. The summed E-state index contributed by atoms with van der Waals surface area (Å²) in [5.74, 6) is 3.15. The highest BCUT2D eigenvalue weighted by Gasteiger charge is 2.52. The van der Waals surface area contributed by atoms with Gasteiger partial charge in [-0.15, -0.1) is 0 Å². The summed E-state index contributed by atoms with van der Waals surface area (Å²) in [5.41, 5.74) is 0.706. The van der Waals surface area contributed by atoms with Crippen molar-refractivity contribution in [2.24, 2.45) is 23.2 Å². The summed E-state index contributed by atoms with van der Waals surface area (Å²) >= 11 is 0. The second-order valence-electron chi connectivity index (χ2n) is 4.92. The molecule has 3 atom stereocenters. The Kier molecular flexibility index (Phi) is 1.19. The summed E-state index contributed by atoms with van der Waals surface area (Å²) in [4.78, 5) is 0. The number of hydrogen-bond acceptors (Lipinski definition) is 0. The van der Waals surface area contributed by atoms with E-state index in [4.69, 9.17) is 0 Å². The molecule has 10 heavy (non-hydrogen) atoms. The molecule has 0 spiro atoms. The Balaban J connectivity index is 2.16. The van der Waals surface area contributed by atoms with E-state index in [-0.39, 0.29) is 0 Å². The molecule has 3 aliphatic rings. The molecule has 0 nitrogen and oxygen atoms in total. The van der Waals surface area contributed by atoms with Gasteiger partial charge in [-0.2, -0.15) is 0 Å². The molecule has 0 N–H and O–H groups in total. The predicted octanol–water partition coefficient (Wildman–Crippen LogP) is 3.08. The topological polar surface area (TPSA) is 0 Å². The quantitative estimate of drug-likeness (QED) is 0.482. The van der Waals surface area contributed by atoms with Crippen LogP contribution in [0.1, 0.15) is 40.0 Å². The first kappa shape index (κ1) is 6.69. The zero-order valence-corrected chi connectivity index (χ0v) is 7.35. The van der Waals surface area contributed by atoms with E-state index >= 15 is 0 Å². The normalized spacial score (nSPS) is 50.1. The van der Waals surface area contributed by atoms with Crippen LogP contribution in [0, 0.1) is 23.2 Å². The molecule has 0 aromatic heterocycles. The lowest BCUT2D eigenvalue weighted by Crippen LogP contribution is -2.51. The molecule has 0 heteroatoms. The van der Waals surface area contributed by atoms with E-state index in [1.807, 2.05) is 0 Å². The van der Waals surface area contributed by atoms with E-state index in [9.17, 15) is 0 Å². The average molecular weight is 138 g/mol. The Morgan fingerprint density at radius 3 is 2.20 bits per heavy atom. The summed E-state index contributed by atoms with van der Waals surface area (Å²) < 4.78 is 0. The van der Waals surface area contributed by atoms with Crippen LogP contribution in [0.5, 0.6) is 0 Å². The standard InChI is InChI=1S/C10H18/c1-7-4-5-8-6-9(7)10(8,2)3/h7-9H,4-6H2,1-3H3/t7-,8?,9-/m0/s1. The van der Waals surface area contributed by atoms with Crippen LogP contribution in [0.3, 0.4) is 0 Å². The Labute approximate surface area is 64.0 Å². The van der Waals surface area contributed by atoms with Crippen LogP contribution in [0.25, 0.3) is 0 Å². The van der Waals surface area contributed by atoms with Crippen molar-refractivity contribution < 1.29 is 0 Å². The van der Waals surface area contributed by atoms with Crippen molar-refractivity contribution in [3.63, 3.8) is 0 Å². The summed E-state index contributed by atoms with van der Waals surface area (Å²) in [6, 6.07) is 0. The van der Waals surface area contributed by atoms with Gasteiger partial charge >= 0.3 is 0 Å². The molecule has 0 saturated heterocycles. The van der Waals surface area contributed by atoms with Crippen molar-refractivity contribution in [2.45, 2.75) is 40.0 Å². The van der Waals surface area contributed by atoms with E-state index in [0.717, 1.165) is 17.8 Å². The fourth-order valence-corrected chi connectivity index (χ4v) is 3.18. The highest BCUT2D eigenvalue weighted by molar-refractivity contribution is 5.01. The molecule has 0 heterocycles. The van der Waals surface area contributed by atoms with E-state index < -0.39 is 0 Å². The third-order valence-corrected chi connectivity index (χ3v) is 4.20. The summed E-state index contributed by atoms with van der Waals surface area (Å²) in [7, 11) is 0. The van der Waals surface area contributed by atoms with Crippen molar-refractivity contribution in [3.05, 3.63) is 0 Å². The van der Waals surface area contributed by atoms with Crippen molar-refractivity contribution in [1.29, 1.82) is 0 Å². The van der Waals surface area contributed by atoms with Gasteiger partial charge in [-0.05, 0) is 36.0 Å². The van der Waals surface area contributed by atoms with Crippen LogP contribution < -0.4 is 0 Å². The first-order valence-corrected chi connectivity index (χ1v) is 4.62. The Morgan fingerprint density at radius 2 is 1.90 bits per heavy atom. The van der Waals surface area contributed by atoms with Gasteiger partial charge in [-0.3, -0.25) is 0 Å². The third-order valence-electron chi connectivity index (χ3n) is 4.20. The third kappa shape index (κ3) is 0.627. The van der Waals surface area contributed by atoms with E-state index in [1.54, 1.807) is 0 Å². The van der Waals surface area contributed by atoms with Crippen LogP contribution >= 0.6 is 0 Å². The molecule has 0 aliphatic heterocycles. The van der Waals surface area contributed by atoms with Crippen LogP contribution in [-0.2, 0) is 0 Å². The summed E-state index contributed by atoms with van der Waals surface area (Å²) in [6.07, 6.45) is 4.54. The highest BCUT2D eigenvalue weighted by Crippen LogP contribution is 2.61. The molecule has 1 unspecified atom stereocenters. The largest absolute Gasteiger partial charge is 0.0622 e. The fraction of sp³-hybridized carbons (Fsp3) is 1.00. The van der Waals surface area contributed by atoms with E-state index in [1.165, 1.54) is 19.3 Å². The number of rotatable bonds is 0. The lowest BCUT2D eigenvalue weighted by Gasteiger charge is -2.59. The second-order valence-corrected chi connectivity index (χ2v) is 4.92. The lowest BCUT2D eigenvalue weighted by molar-refractivity contribution is -0.0988. The Morgan fingerprint density at radius 1 is 1.20 bits per heavy atom. The molecular weight excluding hydrogens is 120 g/mol. The van der Waals surface area contributed by atoms with Crippen LogP contribution in [0.2, 0.25) is 0 Å². The molecule has 3 saturated carbocycles. The van der Waals surface area contributed by atoms with Gasteiger partial charge in [-0.1, -0.05) is 27.2 Å². The molecule has 58 valence electrons. The zero-order valence-electron chi connectivity index (χ0n) is 7.35. The molecule has 3 fully saturated rings. The highest BCUT2D eigenvalue weighted by atomic mass is 14.6. The van der Waals surface area contributed by atoms with Crippen molar-refractivity contribution in [1.82, 2.24) is 0 Å². The summed E-state index contributed by atoms with van der Waals surface area (Å²) in [5, 5.41) is 0.